The van der Waals surface area contributed by atoms with Crippen molar-refractivity contribution in [1.82, 2.24) is 4.90 Å². The monoisotopic (exact) mass is 436 g/mol. The molecule has 0 fully saturated rings. The summed E-state index contributed by atoms with van der Waals surface area (Å²) in [5, 5.41) is 12.7. The molecule has 1 atom stereocenters. The van der Waals surface area contributed by atoms with Gasteiger partial charge in [0.2, 0.25) is 0 Å². The molecule has 138 valence electrons. The van der Waals surface area contributed by atoms with Gasteiger partial charge in [-0.15, -0.1) is 0 Å². The molecule has 2 aromatic carbocycles. The Morgan fingerprint density at radius 2 is 1.85 bits per heavy atom. The molecule has 0 aliphatic carbocycles. The Morgan fingerprint density at radius 1 is 1.12 bits per heavy atom. The topological polar surface area (TPSA) is 26.5 Å². The molecular weight excluding hydrogens is 415 g/mol. The molecular formula is C20H22BrFN2OS. The highest BCUT2D eigenvalue weighted by Crippen LogP contribution is 2.36. The Balaban J connectivity index is 0.00000196. The molecule has 0 spiro atoms. The van der Waals surface area contributed by atoms with E-state index in [0.717, 1.165) is 42.4 Å². The molecule has 2 aromatic rings. The summed E-state index contributed by atoms with van der Waals surface area (Å²) in [4.78, 5) is 2.11. The van der Waals surface area contributed by atoms with Crippen LogP contribution in [-0.2, 0) is 12.1 Å². The fraction of sp³-hybridized carbons (Fsp3) is 0.350. The first-order valence-electron chi connectivity index (χ1n) is 8.71. The predicted molar refractivity (Wildman–Crippen MR) is 99.2 cm³/mol. The van der Waals surface area contributed by atoms with Gasteiger partial charge in [0, 0.05) is 17.7 Å². The van der Waals surface area contributed by atoms with Crippen molar-refractivity contribution < 1.29 is 31.1 Å². The van der Waals surface area contributed by atoms with Crippen LogP contribution in [0.1, 0.15) is 17.5 Å². The minimum absolute atomic E-state index is 0. The van der Waals surface area contributed by atoms with Gasteiger partial charge in [-0.05, 0) is 48.0 Å². The molecule has 0 saturated carbocycles. The van der Waals surface area contributed by atoms with E-state index in [9.17, 15) is 9.50 Å². The predicted octanol–water partition coefficient (Wildman–Crippen LogP) is 0.0385. The zero-order valence-electron chi connectivity index (χ0n) is 14.4. The van der Waals surface area contributed by atoms with Crippen LogP contribution >= 0.6 is 11.8 Å². The molecule has 0 bridgehead atoms. The zero-order chi connectivity index (χ0) is 17.3. The summed E-state index contributed by atoms with van der Waals surface area (Å²) < 4.78 is 15.6. The Hall–Kier alpha value is -1.37. The van der Waals surface area contributed by atoms with E-state index in [0.29, 0.717) is 6.54 Å². The van der Waals surface area contributed by atoms with Crippen LogP contribution in [0.3, 0.4) is 0 Å². The number of rotatable bonds is 4. The van der Waals surface area contributed by atoms with Gasteiger partial charge in [-0.25, -0.2) is 13.9 Å². The van der Waals surface area contributed by atoms with Crippen molar-refractivity contribution in [3.05, 3.63) is 71.5 Å². The van der Waals surface area contributed by atoms with Crippen molar-refractivity contribution in [3.8, 4) is 0 Å². The van der Waals surface area contributed by atoms with Gasteiger partial charge in [0.05, 0.1) is 13.1 Å². The first kappa shape index (κ1) is 19.4. The van der Waals surface area contributed by atoms with E-state index in [2.05, 4.69) is 21.6 Å². The second-order valence-electron chi connectivity index (χ2n) is 6.62. The fourth-order valence-electron chi connectivity index (χ4n) is 3.64. The summed E-state index contributed by atoms with van der Waals surface area (Å²) in [5.41, 5.74) is 0.906. The smallest absolute Gasteiger partial charge is 0.311 e. The summed E-state index contributed by atoms with van der Waals surface area (Å²) in [5.74, 6) is 0.800. The molecule has 6 heteroatoms. The summed E-state index contributed by atoms with van der Waals surface area (Å²) in [6, 6.07) is 16.6. The van der Waals surface area contributed by atoms with Crippen LogP contribution in [0.25, 0.3) is 0 Å². The minimum atomic E-state index is -1.10. The fourth-order valence-corrected chi connectivity index (χ4v) is 4.83. The number of hydrogen-bond acceptors (Lipinski definition) is 3. The van der Waals surface area contributed by atoms with Crippen molar-refractivity contribution in [1.29, 1.82) is 0 Å². The molecule has 1 N–H and O–H groups in total. The molecule has 0 saturated heterocycles. The molecule has 0 radical (unpaired) electrons. The first-order valence-corrected chi connectivity index (χ1v) is 9.70. The molecule has 0 aromatic heterocycles. The normalized spacial score (nSPS) is 22.2. The van der Waals surface area contributed by atoms with Gasteiger partial charge in [-0.1, -0.05) is 30.3 Å². The standard InChI is InChI=1S/C20H22FN2OS.BrH/c21-18-9-7-17(8-10-18)20(24)15-22-12-4-14-25-19(22)23(20)13-11-16-5-2-1-3-6-16;/h1-3,5-10,24H,4,11-15H2;1H/q+1;/p-1. The highest BCUT2D eigenvalue weighted by Gasteiger charge is 2.53. The Morgan fingerprint density at radius 3 is 2.58 bits per heavy atom. The van der Waals surface area contributed by atoms with Crippen LogP contribution in [0.4, 0.5) is 4.39 Å². The van der Waals surface area contributed by atoms with Crippen molar-refractivity contribution in [3.63, 3.8) is 0 Å². The van der Waals surface area contributed by atoms with Gasteiger partial charge < -0.3 is 22.1 Å². The average Bonchev–Trinajstić information content (AvgIpc) is 2.94. The molecule has 26 heavy (non-hydrogen) atoms. The van der Waals surface area contributed by atoms with Crippen LogP contribution in [0, 0.1) is 5.82 Å². The average molecular weight is 437 g/mol. The van der Waals surface area contributed by atoms with E-state index in [1.807, 2.05) is 30.0 Å². The quantitative estimate of drug-likeness (QED) is 0.685. The first-order chi connectivity index (χ1) is 12.2. The Bertz CT molecular complexity index is 784. The van der Waals surface area contributed by atoms with E-state index in [1.54, 1.807) is 12.1 Å². The van der Waals surface area contributed by atoms with Crippen LogP contribution in [0.15, 0.2) is 54.6 Å². The SMILES string of the molecule is OC1(c2ccc(F)cc2)C[N+]2=C(SCCC2)N1CCc1ccccc1.[Br-]. The second kappa shape index (κ2) is 8.11. The number of aliphatic hydroxyl groups is 1. The summed E-state index contributed by atoms with van der Waals surface area (Å²) >= 11 is 1.81. The van der Waals surface area contributed by atoms with E-state index >= 15 is 0 Å². The van der Waals surface area contributed by atoms with Crippen molar-refractivity contribution >= 4 is 16.9 Å². The highest BCUT2D eigenvalue weighted by molar-refractivity contribution is 8.13. The number of thioether (sulfide) groups is 1. The van der Waals surface area contributed by atoms with Gasteiger partial charge in [-0.3, -0.25) is 0 Å². The van der Waals surface area contributed by atoms with Crippen molar-refractivity contribution in [2.75, 3.05) is 25.4 Å². The van der Waals surface area contributed by atoms with E-state index in [1.165, 1.54) is 17.7 Å². The number of benzene rings is 2. The second-order valence-corrected chi connectivity index (χ2v) is 7.68. The molecule has 0 amide bonds. The molecule has 2 aliphatic rings. The maximum atomic E-state index is 13.3. The van der Waals surface area contributed by atoms with E-state index in [-0.39, 0.29) is 22.8 Å². The third-order valence-electron chi connectivity index (χ3n) is 4.94. The van der Waals surface area contributed by atoms with Gasteiger partial charge in [0.25, 0.3) is 5.72 Å². The minimum Gasteiger partial charge on any atom is -1.00 e. The lowest BCUT2D eigenvalue weighted by atomic mass is 10.0. The molecule has 2 aliphatic heterocycles. The van der Waals surface area contributed by atoms with Gasteiger partial charge in [-0.2, -0.15) is 0 Å². The number of amidine groups is 1. The van der Waals surface area contributed by atoms with Crippen LogP contribution in [0.5, 0.6) is 0 Å². The lowest BCUT2D eigenvalue weighted by molar-refractivity contribution is -0.532. The van der Waals surface area contributed by atoms with Crippen LogP contribution < -0.4 is 17.0 Å². The van der Waals surface area contributed by atoms with Crippen molar-refractivity contribution in [2.45, 2.75) is 18.6 Å². The lowest BCUT2D eigenvalue weighted by Crippen LogP contribution is -3.00. The molecule has 4 rings (SSSR count). The third-order valence-corrected chi connectivity index (χ3v) is 6.17. The van der Waals surface area contributed by atoms with Gasteiger partial charge in [0.1, 0.15) is 5.82 Å². The zero-order valence-corrected chi connectivity index (χ0v) is 16.8. The highest BCUT2D eigenvalue weighted by atomic mass is 79.9. The third kappa shape index (κ3) is 3.68. The van der Waals surface area contributed by atoms with Gasteiger partial charge in [0.15, 0.2) is 6.54 Å². The summed E-state index contributed by atoms with van der Waals surface area (Å²) in [6.45, 7) is 2.24. The molecule has 3 nitrogen and oxygen atoms in total. The van der Waals surface area contributed by atoms with Crippen molar-refractivity contribution in [2.24, 2.45) is 0 Å². The van der Waals surface area contributed by atoms with E-state index < -0.39 is 5.72 Å². The van der Waals surface area contributed by atoms with Crippen LogP contribution in [-0.4, -0.2) is 45.1 Å². The number of nitrogens with zero attached hydrogens (tertiary/aromatic N) is 2. The summed E-state index contributed by atoms with van der Waals surface area (Å²) in [6.07, 6.45) is 1.99. The number of hydrogen-bond donors (Lipinski definition) is 1. The maximum absolute atomic E-state index is 13.3. The Labute approximate surface area is 168 Å². The number of halogens is 2. The largest absolute Gasteiger partial charge is 1.00 e. The summed E-state index contributed by atoms with van der Waals surface area (Å²) in [7, 11) is 0. The van der Waals surface area contributed by atoms with E-state index in [4.69, 9.17) is 0 Å². The lowest BCUT2D eigenvalue weighted by Gasteiger charge is -2.28. The maximum Gasteiger partial charge on any atom is 0.311 e. The Kier molecular flexibility index (Phi) is 6.05. The van der Waals surface area contributed by atoms with Crippen LogP contribution in [0.2, 0.25) is 0 Å². The molecule has 2 heterocycles. The van der Waals surface area contributed by atoms with Gasteiger partial charge >= 0.3 is 5.17 Å². The molecule has 1 unspecified atom stereocenters.